The number of likely N-dealkylation sites (N-methyl/N-ethyl adjacent to an activating group) is 1. The third-order valence-electron chi connectivity index (χ3n) is 4.29. The Bertz CT molecular complexity index is 543. The number of hydrogen-bond donors (Lipinski definition) is 2. The molecule has 1 aromatic carbocycles. The van der Waals surface area contributed by atoms with E-state index in [1.807, 2.05) is 18.7 Å². The zero-order chi connectivity index (χ0) is 14.8. The number of thioether (sulfide) groups is 1. The molecule has 5 heteroatoms. The Labute approximate surface area is 138 Å². The number of rotatable bonds is 5. The number of halogens is 1. The molecule has 1 heterocycles. The number of hydrogen-bond acceptors (Lipinski definition) is 3. The zero-order valence-corrected chi connectivity index (χ0v) is 14.6. The number of carbonyl (C=O) groups is 1. The fourth-order valence-corrected chi connectivity index (χ4v) is 5.02. The monoisotopic (exact) mass is 368 g/mol. The zero-order valence-electron chi connectivity index (χ0n) is 12.2. The molecule has 3 nitrogen and oxygen atoms in total. The molecule has 0 saturated heterocycles. The van der Waals surface area contributed by atoms with Gasteiger partial charge in [-0.05, 0) is 53.4 Å². The Balaban J connectivity index is 1.75. The van der Waals surface area contributed by atoms with Crippen molar-refractivity contribution in [2.75, 3.05) is 17.6 Å². The molecule has 3 rings (SSSR count). The topological polar surface area (TPSA) is 41.1 Å². The minimum atomic E-state index is -0.213. The molecule has 1 aromatic rings. The minimum absolute atomic E-state index is 0.0525. The molecule has 1 aliphatic carbocycles. The summed E-state index contributed by atoms with van der Waals surface area (Å²) >= 11 is 5.58. The normalized spacial score (nSPS) is 21.6. The first-order chi connectivity index (χ1) is 10.2. The van der Waals surface area contributed by atoms with Gasteiger partial charge in [0.25, 0.3) is 0 Å². The molecule has 21 heavy (non-hydrogen) atoms. The summed E-state index contributed by atoms with van der Waals surface area (Å²) in [5.74, 6) is 2.10. The highest BCUT2D eigenvalue weighted by Crippen LogP contribution is 2.40. The highest BCUT2D eigenvalue weighted by Gasteiger charge is 2.30. The van der Waals surface area contributed by atoms with E-state index >= 15 is 0 Å². The van der Waals surface area contributed by atoms with Crippen molar-refractivity contribution in [3.05, 3.63) is 22.2 Å². The molecule has 114 valence electrons. The van der Waals surface area contributed by atoms with Crippen molar-refractivity contribution in [3.63, 3.8) is 0 Å². The van der Waals surface area contributed by atoms with E-state index < -0.39 is 0 Å². The summed E-state index contributed by atoms with van der Waals surface area (Å²) in [5, 5.41) is 6.23. The third kappa shape index (κ3) is 3.30. The molecule has 1 aliphatic heterocycles. The van der Waals surface area contributed by atoms with Gasteiger partial charge in [-0.25, -0.2) is 0 Å². The molecular weight excluding hydrogens is 348 g/mol. The Hall–Kier alpha value is -0.520. The van der Waals surface area contributed by atoms with Crippen molar-refractivity contribution >= 4 is 39.3 Å². The lowest BCUT2D eigenvalue weighted by Crippen LogP contribution is -2.27. The second-order valence-electron chi connectivity index (χ2n) is 5.81. The Morgan fingerprint density at radius 1 is 1.38 bits per heavy atom. The minimum Gasteiger partial charge on any atom is -0.324 e. The van der Waals surface area contributed by atoms with Crippen molar-refractivity contribution < 1.29 is 4.79 Å². The number of nitrogens with one attached hydrogen (secondary N) is 2. The van der Waals surface area contributed by atoms with Crippen LogP contribution in [0.3, 0.4) is 0 Å². The molecule has 1 amide bonds. The maximum atomic E-state index is 12.0. The van der Waals surface area contributed by atoms with Crippen molar-refractivity contribution in [2.45, 2.75) is 43.5 Å². The lowest BCUT2D eigenvalue weighted by atomic mass is 10.1. The summed E-state index contributed by atoms with van der Waals surface area (Å²) in [6.45, 7) is 2.81. The van der Waals surface area contributed by atoms with Gasteiger partial charge in [-0.3, -0.25) is 4.79 Å². The highest BCUT2D eigenvalue weighted by molar-refractivity contribution is 9.10. The van der Waals surface area contributed by atoms with Crippen LogP contribution in [0.4, 0.5) is 5.69 Å². The molecule has 0 bridgehead atoms. The second kappa shape index (κ2) is 6.71. The van der Waals surface area contributed by atoms with Gasteiger partial charge in [0.2, 0.25) is 5.91 Å². The number of fused-ring (bicyclic) bond motifs is 1. The molecule has 0 radical (unpaired) electrons. The summed E-state index contributed by atoms with van der Waals surface area (Å²) in [6.07, 6.45) is 5.51. The number of anilines is 1. The SMILES string of the molecule is CCNC1C(=O)Nc2cc(SCC3CCCC3)c(Br)cc21. The second-order valence-corrected chi connectivity index (χ2v) is 7.73. The largest absolute Gasteiger partial charge is 0.324 e. The van der Waals surface area contributed by atoms with Gasteiger partial charge in [0.15, 0.2) is 0 Å². The van der Waals surface area contributed by atoms with Crippen LogP contribution in [0.1, 0.15) is 44.2 Å². The van der Waals surface area contributed by atoms with Crippen LogP contribution in [0, 0.1) is 5.92 Å². The summed E-state index contributed by atoms with van der Waals surface area (Å²) in [4.78, 5) is 13.2. The van der Waals surface area contributed by atoms with E-state index in [1.165, 1.54) is 36.3 Å². The lowest BCUT2D eigenvalue weighted by molar-refractivity contribution is -0.117. The van der Waals surface area contributed by atoms with Gasteiger partial charge in [0.1, 0.15) is 6.04 Å². The average Bonchev–Trinajstić information content (AvgIpc) is 3.07. The summed E-state index contributed by atoms with van der Waals surface area (Å²) in [6, 6.07) is 4.00. The average molecular weight is 369 g/mol. The number of carbonyl (C=O) groups excluding carboxylic acids is 1. The van der Waals surface area contributed by atoms with Crippen molar-refractivity contribution in [3.8, 4) is 0 Å². The van der Waals surface area contributed by atoms with Crippen LogP contribution in [0.5, 0.6) is 0 Å². The lowest BCUT2D eigenvalue weighted by Gasteiger charge is -2.13. The molecule has 1 fully saturated rings. The van der Waals surface area contributed by atoms with E-state index in [9.17, 15) is 4.79 Å². The molecule has 1 atom stereocenters. The van der Waals surface area contributed by atoms with Crippen LogP contribution in [0.15, 0.2) is 21.5 Å². The van der Waals surface area contributed by atoms with E-state index in [1.54, 1.807) is 0 Å². The van der Waals surface area contributed by atoms with Gasteiger partial charge in [0.05, 0.1) is 0 Å². The maximum absolute atomic E-state index is 12.0. The highest BCUT2D eigenvalue weighted by atomic mass is 79.9. The molecule has 2 N–H and O–H groups in total. The first-order valence-electron chi connectivity index (χ1n) is 7.69. The van der Waals surface area contributed by atoms with Crippen LogP contribution in [-0.2, 0) is 4.79 Å². The van der Waals surface area contributed by atoms with Gasteiger partial charge in [0, 0.05) is 26.4 Å². The molecule has 1 saturated carbocycles. The number of amides is 1. The fourth-order valence-electron chi connectivity index (χ4n) is 3.16. The van der Waals surface area contributed by atoms with Crippen LogP contribution >= 0.6 is 27.7 Å². The van der Waals surface area contributed by atoms with Crippen molar-refractivity contribution in [1.82, 2.24) is 5.32 Å². The van der Waals surface area contributed by atoms with Gasteiger partial charge in [-0.1, -0.05) is 19.8 Å². The predicted molar refractivity (Wildman–Crippen MR) is 91.9 cm³/mol. The molecular formula is C16H21BrN2OS. The molecule has 1 unspecified atom stereocenters. The molecule has 2 aliphatic rings. The standard InChI is InChI=1S/C16H21BrN2OS/c1-2-18-15-11-7-12(17)14(8-13(11)19-16(15)20)21-9-10-5-3-4-6-10/h7-8,10,15,18H,2-6,9H2,1H3,(H,19,20). The first-order valence-corrected chi connectivity index (χ1v) is 9.47. The van der Waals surface area contributed by atoms with Gasteiger partial charge < -0.3 is 10.6 Å². The van der Waals surface area contributed by atoms with E-state index in [0.29, 0.717) is 0 Å². The van der Waals surface area contributed by atoms with Gasteiger partial charge >= 0.3 is 0 Å². The first kappa shape index (κ1) is 15.4. The van der Waals surface area contributed by atoms with Crippen LogP contribution in [0.25, 0.3) is 0 Å². The van der Waals surface area contributed by atoms with Crippen molar-refractivity contribution in [1.29, 1.82) is 0 Å². The van der Waals surface area contributed by atoms with E-state index in [4.69, 9.17) is 0 Å². The van der Waals surface area contributed by atoms with Crippen LogP contribution in [0.2, 0.25) is 0 Å². The van der Waals surface area contributed by atoms with E-state index in [2.05, 4.69) is 38.7 Å². The summed E-state index contributed by atoms with van der Waals surface area (Å²) in [7, 11) is 0. The molecule has 0 spiro atoms. The quantitative estimate of drug-likeness (QED) is 0.759. The van der Waals surface area contributed by atoms with E-state index in [0.717, 1.165) is 28.2 Å². The van der Waals surface area contributed by atoms with E-state index in [-0.39, 0.29) is 11.9 Å². The number of benzene rings is 1. The Morgan fingerprint density at radius 3 is 2.86 bits per heavy atom. The molecule has 0 aromatic heterocycles. The van der Waals surface area contributed by atoms with Gasteiger partial charge in [-0.2, -0.15) is 0 Å². The van der Waals surface area contributed by atoms with Gasteiger partial charge in [-0.15, -0.1) is 11.8 Å². The summed E-state index contributed by atoms with van der Waals surface area (Å²) in [5.41, 5.74) is 2.02. The summed E-state index contributed by atoms with van der Waals surface area (Å²) < 4.78 is 1.10. The Morgan fingerprint density at radius 2 is 2.14 bits per heavy atom. The Kier molecular flexibility index (Phi) is 4.92. The smallest absolute Gasteiger partial charge is 0.246 e. The van der Waals surface area contributed by atoms with Crippen LogP contribution in [-0.4, -0.2) is 18.2 Å². The van der Waals surface area contributed by atoms with Crippen molar-refractivity contribution in [2.24, 2.45) is 5.92 Å². The maximum Gasteiger partial charge on any atom is 0.246 e. The predicted octanol–water partition coefficient (Wildman–Crippen LogP) is 4.33. The third-order valence-corrected chi connectivity index (χ3v) is 6.50. The fraction of sp³-hybridized carbons (Fsp3) is 0.562. The van der Waals surface area contributed by atoms with Crippen LogP contribution < -0.4 is 10.6 Å².